The maximum atomic E-state index is 13.7. The van der Waals surface area contributed by atoms with E-state index in [-0.39, 0.29) is 24.1 Å². The first kappa shape index (κ1) is 18.8. The highest BCUT2D eigenvalue weighted by Gasteiger charge is 2.12. The molecule has 0 heterocycles. The predicted octanol–water partition coefficient (Wildman–Crippen LogP) is 4.10. The molecule has 0 fully saturated rings. The smallest absolute Gasteiger partial charge is 0.223 e. The van der Waals surface area contributed by atoms with Gasteiger partial charge in [-0.2, -0.15) is 0 Å². The summed E-state index contributed by atoms with van der Waals surface area (Å²) >= 11 is 0. The number of halogens is 1. The number of benzene rings is 2. The Bertz CT molecular complexity index is 725. The van der Waals surface area contributed by atoms with Gasteiger partial charge in [-0.15, -0.1) is 0 Å². The van der Waals surface area contributed by atoms with Gasteiger partial charge in [0, 0.05) is 0 Å². The van der Waals surface area contributed by atoms with Crippen molar-refractivity contribution in [2.75, 3.05) is 13.7 Å². The van der Waals surface area contributed by atoms with Gasteiger partial charge in [0.25, 0.3) is 0 Å². The lowest BCUT2D eigenvalue weighted by atomic mass is 10.1. The highest BCUT2D eigenvalue weighted by Crippen LogP contribution is 2.22. The highest BCUT2D eigenvalue weighted by atomic mass is 19.1. The van der Waals surface area contributed by atoms with E-state index in [1.165, 1.54) is 13.2 Å². The van der Waals surface area contributed by atoms with Crippen LogP contribution in [0.1, 0.15) is 36.1 Å². The van der Waals surface area contributed by atoms with E-state index >= 15 is 0 Å². The summed E-state index contributed by atoms with van der Waals surface area (Å²) in [5, 5.41) is 2.84. The zero-order chi connectivity index (χ0) is 18.4. The van der Waals surface area contributed by atoms with E-state index in [1.807, 2.05) is 32.9 Å². The zero-order valence-corrected chi connectivity index (χ0v) is 15.1. The molecular weight excluding hydrogens is 321 g/mol. The molecule has 134 valence electrons. The topological polar surface area (TPSA) is 47.6 Å². The fraction of sp³-hybridized carbons (Fsp3) is 0.350. The molecule has 1 N–H and O–H groups in total. The van der Waals surface area contributed by atoms with Crippen LogP contribution in [0.25, 0.3) is 0 Å². The normalized spacial score (nSPS) is 11.7. The number of aryl methyl sites for hydroxylation is 2. The van der Waals surface area contributed by atoms with E-state index in [9.17, 15) is 9.18 Å². The van der Waals surface area contributed by atoms with Crippen LogP contribution in [0.3, 0.4) is 0 Å². The summed E-state index contributed by atoms with van der Waals surface area (Å²) in [5.41, 5.74) is 2.92. The predicted molar refractivity (Wildman–Crippen MR) is 95.5 cm³/mol. The number of carbonyl (C=O) groups excluding carboxylic acids is 1. The number of hydrogen-bond donors (Lipinski definition) is 1. The maximum Gasteiger partial charge on any atom is 0.223 e. The molecule has 1 amide bonds. The lowest BCUT2D eigenvalue weighted by molar-refractivity contribution is -0.122. The van der Waals surface area contributed by atoms with Gasteiger partial charge in [-0.25, -0.2) is 4.39 Å². The molecule has 0 aromatic heterocycles. The monoisotopic (exact) mass is 345 g/mol. The number of nitrogens with one attached hydrogen (secondary N) is 1. The Morgan fingerprint density at radius 2 is 1.84 bits per heavy atom. The number of carbonyl (C=O) groups is 1. The summed E-state index contributed by atoms with van der Waals surface area (Å²) in [6.45, 7) is 6.10. The van der Waals surface area contributed by atoms with E-state index in [0.29, 0.717) is 12.2 Å². The van der Waals surface area contributed by atoms with Crippen molar-refractivity contribution < 1.29 is 18.7 Å². The number of methoxy groups -OCH3 is 1. The second-order valence-electron chi connectivity index (χ2n) is 6.11. The molecule has 25 heavy (non-hydrogen) atoms. The van der Waals surface area contributed by atoms with Crippen molar-refractivity contribution in [3.63, 3.8) is 0 Å². The Balaban J connectivity index is 1.84. The number of amides is 1. The summed E-state index contributed by atoms with van der Waals surface area (Å²) in [4.78, 5) is 12.0. The van der Waals surface area contributed by atoms with Crippen molar-refractivity contribution >= 4 is 5.91 Å². The van der Waals surface area contributed by atoms with E-state index in [1.54, 1.807) is 12.1 Å². The third kappa shape index (κ3) is 5.48. The first-order chi connectivity index (χ1) is 11.9. The van der Waals surface area contributed by atoms with Crippen LogP contribution in [0.4, 0.5) is 4.39 Å². The second-order valence-corrected chi connectivity index (χ2v) is 6.11. The lowest BCUT2D eigenvalue weighted by Crippen LogP contribution is -2.27. The molecule has 2 aromatic carbocycles. The third-order valence-corrected chi connectivity index (χ3v) is 3.85. The summed E-state index contributed by atoms with van der Waals surface area (Å²) in [6.07, 6.45) is 0.232. The number of hydrogen-bond acceptors (Lipinski definition) is 3. The summed E-state index contributed by atoms with van der Waals surface area (Å²) in [7, 11) is 1.42. The third-order valence-electron chi connectivity index (χ3n) is 3.85. The minimum Gasteiger partial charge on any atom is -0.494 e. The Morgan fingerprint density at radius 3 is 2.44 bits per heavy atom. The van der Waals surface area contributed by atoms with Crippen LogP contribution in [-0.4, -0.2) is 19.6 Å². The molecule has 0 saturated carbocycles. The van der Waals surface area contributed by atoms with Gasteiger partial charge in [0.05, 0.1) is 26.2 Å². The summed E-state index contributed by atoms with van der Waals surface area (Å²) in [5.74, 6) is 0.354. The fourth-order valence-electron chi connectivity index (χ4n) is 2.63. The molecule has 0 spiro atoms. The Kier molecular flexibility index (Phi) is 6.39. The SMILES string of the molecule is COc1ccc(C(C)NC(=O)CCOc2cc(C)cc(C)c2)cc1F. The van der Waals surface area contributed by atoms with Gasteiger partial charge >= 0.3 is 0 Å². The number of rotatable bonds is 7. The van der Waals surface area contributed by atoms with Crippen LogP contribution in [-0.2, 0) is 4.79 Å². The average molecular weight is 345 g/mol. The second kappa shape index (κ2) is 8.51. The Hall–Kier alpha value is -2.56. The quantitative estimate of drug-likeness (QED) is 0.822. The molecule has 4 nitrogen and oxygen atoms in total. The van der Waals surface area contributed by atoms with Crippen LogP contribution in [0.5, 0.6) is 11.5 Å². The van der Waals surface area contributed by atoms with Crippen LogP contribution in [0.15, 0.2) is 36.4 Å². The van der Waals surface area contributed by atoms with Crippen molar-refractivity contribution in [2.24, 2.45) is 0 Å². The van der Waals surface area contributed by atoms with Gasteiger partial charge in [-0.1, -0.05) is 12.1 Å². The molecule has 0 aliphatic heterocycles. The molecule has 1 atom stereocenters. The van der Waals surface area contributed by atoms with E-state index < -0.39 is 5.82 Å². The van der Waals surface area contributed by atoms with E-state index in [0.717, 1.165) is 16.9 Å². The van der Waals surface area contributed by atoms with Gasteiger partial charge in [-0.05, 0) is 61.7 Å². The van der Waals surface area contributed by atoms with Crippen molar-refractivity contribution in [1.29, 1.82) is 0 Å². The molecule has 1 unspecified atom stereocenters. The van der Waals surface area contributed by atoms with Crippen LogP contribution >= 0.6 is 0 Å². The van der Waals surface area contributed by atoms with Crippen LogP contribution in [0, 0.1) is 19.7 Å². The standard InChI is InChI=1S/C20H24FNO3/c1-13-9-14(2)11-17(10-13)25-8-7-20(23)22-15(3)16-5-6-19(24-4)18(21)12-16/h5-6,9-12,15H,7-8H2,1-4H3,(H,22,23). The molecule has 0 aliphatic carbocycles. The summed E-state index contributed by atoms with van der Waals surface area (Å²) < 4.78 is 24.3. The highest BCUT2D eigenvalue weighted by molar-refractivity contribution is 5.76. The minimum absolute atomic E-state index is 0.145. The van der Waals surface area contributed by atoms with Crippen LogP contribution in [0.2, 0.25) is 0 Å². The van der Waals surface area contributed by atoms with E-state index in [4.69, 9.17) is 9.47 Å². The van der Waals surface area contributed by atoms with Crippen molar-refractivity contribution in [1.82, 2.24) is 5.32 Å². The average Bonchev–Trinajstić information content (AvgIpc) is 2.53. The maximum absolute atomic E-state index is 13.7. The molecule has 5 heteroatoms. The number of ether oxygens (including phenoxy) is 2. The Labute approximate surface area is 148 Å². The van der Waals surface area contributed by atoms with Gasteiger partial charge in [0.2, 0.25) is 5.91 Å². The largest absolute Gasteiger partial charge is 0.494 e. The first-order valence-electron chi connectivity index (χ1n) is 8.23. The molecule has 0 bridgehead atoms. The van der Waals surface area contributed by atoms with Crippen LogP contribution < -0.4 is 14.8 Å². The molecule has 0 saturated heterocycles. The van der Waals surface area contributed by atoms with E-state index in [2.05, 4.69) is 11.4 Å². The van der Waals surface area contributed by atoms with Crippen molar-refractivity contribution in [2.45, 2.75) is 33.2 Å². The Morgan fingerprint density at radius 1 is 1.16 bits per heavy atom. The molecule has 0 aliphatic rings. The van der Waals surface area contributed by atoms with Gasteiger partial charge in [0.15, 0.2) is 11.6 Å². The van der Waals surface area contributed by atoms with Gasteiger partial charge in [-0.3, -0.25) is 4.79 Å². The molecule has 2 rings (SSSR count). The lowest BCUT2D eigenvalue weighted by Gasteiger charge is -2.15. The molecular formula is C20H24FNO3. The fourth-order valence-corrected chi connectivity index (χ4v) is 2.63. The zero-order valence-electron chi connectivity index (χ0n) is 15.1. The molecule has 0 radical (unpaired) electrons. The van der Waals surface area contributed by atoms with Gasteiger partial charge < -0.3 is 14.8 Å². The van der Waals surface area contributed by atoms with Crippen molar-refractivity contribution in [3.8, 4) is 11.5 Å². The first-order valence-corrected chi connectivity index (χ1v) is 8.23. The van der Waals surface area contributed by atoms with Gasteiger partial charge in [0.1, 0.15) is 5.75 Å². The minimum atomic E-state index is -0.445. The van der Waals surface area contributed by atoms with Crippen molar-refractivity contribution in [3.05, 3.63) is 58.9 Å². The summed E-state index contributed by atoms with van der Waals surface area (Å²) in [6, 6.07) is 10.3. The molecule has 2 aromatic rings.